The van der Waals surface area contributed by atoms with E-state index in [-0.39, 0.29) is 5.91 Å². The molecule has 1 amide bonds. The molecule has 0 bridgehead atoms. The number of piperazine rings is 1. The van der Waals surface area contributed by atoms with Crippen molar-refractivity contribution in [1.82, 2.24) is 9.88 Å². The first-order valence-electron chi connectivity index (χ1n) is 10.4. The molecule has 2 heterocycles. The molecule has 0 N–H and O–H groups in total. The van der Waals surface area contributed by atoms with Gasteiger partial charge in [-0.2, -0.15) is 0 Å². The van der Waals surface area contributed by atoms with E-state index in [2.05, 4.69) is 17.2 Å². The zero-order chi connectivity index (χ0) is 20.7. The van der Waals surface area contributed by atoms with Crippen LogP contribution >= 0.6 is 22.9 Å². The van der Waals surface area contributed by atoms with Crippen LogP contribution in [0.15, 0.2) is 47.8 Å². The number of carbonyl (C=O) groups excluding carboxylic acids is 1. The maximum absolute atomic E-state index is 13.0. The number of rotatable bonds is 4. The van der Waals surface area contributed by atoms with Gasteiger partial charge >= 0.3 is 0 Å². The quantitative estimate of drug-likeness (QED) is 0.532. The third-order valence-corrected chi connectivity index (χ3v) is 7.20. The predicted molar refractivity (Wildman–Crippen MR) is 124 cm³/mol. The summed E-state index contributed by atoms with van der Waals surface area (Å²) >= 11 is 7.93. The third-order valence-electron chi connectivity index (χ3n) is 5.95. The van der Waals surface area contributed by atoms with Gasteiger partial charge in [-0.15, -0.1) is 11.3 Å². The standard InChI is InChI=1S/C24H24ClN3OS/c1-16-2-9-20(25)14-22(16)27-10-12-28(13-11-27)24(29)19-7-3-17(4-8-19)21-15-30-23(26-21)18-5-6-18/h2-4,7-9,14-15,18H,5-6,10-13H2,1H3. The second-order valence-electron chi connectivity index (χ2n) is 8.13. The Hall–Kier alpha value is -2.37. The van der Waals surface area contributed by atoms with Crippen molar-refractivity contribution >= 4 is 34.5 Å². The van der Waals surface area contributed by atoms with Crippen molar-refractivity contribution in [1.29, 1.82) is 0 Å². The molecule has 2 aliphatic rings. The molecule has 1 saturated carbocycles. The minimum absolute atomic E-state index is 0.0981. The van der Waals surface area contributed by atoms with E-state index in [1.54, 1.807) is 11.3 Å². The normalized spacial score (nSPS) is 16.7. The van der Waals surface area contributed by atoms with Crippen LogP contribution in [0.25, 0.3) is 11.3 Å². The van der Waals surface area contributed by atoms with E-state index in [4.69, 9.17) is 16.6 Å². The smallest absolute Gasteiger partial charge is 0.253 e. The third kappa shape index (κ3) is 3.96. The molecule has 5 rings (SSSR count). The molecule has 1 aromatic heterocycles. The van der Waals surface area contributed by atoms with Crippen LogP contribution in [0.3, 0.4) is 0 Å². The molecule has 0 spiro atoms. The van der Waals surface area contributed by atoms with E-state index in [0.717, 1.165) is 40.6 Å². The summed E-state index contributed by atoms with van der Waals surface area (Å²) in [5.41, 5.74) is 5.21. The number of thiazole rings is 1. The van der Waals surface area contributed by atoms with Crippen molar-refractivity contribution in [2.45, 2.75) is 25.7 Å². The Bertz CT molecular complexity index is 1070. The number of aryl methyl sites for hydroxylation is 1. The lowest BCUT2D eigenvalue weighted by atomic mass is 10.1. The van der Waals surface area contributed by atoms with E-state index in [0.29, 0.717) is 19.0 Å². The monoisotopic (exact) mass is 437 g/mol. The van der Waals surface area contributed by atoms with E-state index in [9.17, 15) is 4.79 Å². The van der Waals surface area contributed by atoms with E-state index < -0.39 is 0 Å². The number of hydrogen-bond donors (Lipinski definition) is 0. The predicted octanol–water partition coefficient (Wildman–Crippen LogP) is 5.61. The average molecular weight is 438 g/mol. The number of benzene rings is 2. The minimum Gasteiger partial charge on any atom is -0.368 e. The highest BCUT2D eigenvalue weighted by Gasteiger charge is 2.27. The lowest BCUT2D eigenvalue weighted by Crippen LogP contribution is -2.49. The summed E-state index contributed by atoms with van der Waals surface area (Å²) in [6.07, 6.45) is 2.54. The molecule has 1 aliphatic carbocycles. The molecule has 1 aliphatic heterocycles. The van der Waals surface area contributed by atoms with Gasteiger partial charge in [-0.05, 0) is 49.6 Å². The maximum atomic E-state index is 13.0. The summed E-state index contributed by atoms with van der Waals surface area (Å²) in [4.78, 5) is 22.0. The molecule has 0 unspecified atom stereocenters. The highest BCUT2D eigenvalue weighted by molar-refractivity contribution is 7.10. The summed E-state index contributed by atoms with van der Waals surface area (Å²) in [5, 5.41) is 4.12. The van der Waals surface area contributed by atoms with Gasteiger partial charge < -0.3 is 9.80 Å². The molecule has 6 heteroatoms. The van der Waals surface area contributed by atoms with Crippen LogP contribution in [0.2, 0.25) is 5.02 Å². The van der Waals surface area contributed by atoms with Crippen molar-refractivity contribution < 1.29 is 4.79 Å². The van der Waals surface area contributed by atoms with Gasteiger partial charge in [0.25, 0.3) is 5.91 Å². The minimum atomic E-state index is 0.0981. The van der Waals surface area contributed by atoms with Crippen molar-refractivity contribution in [2.75, 3.05) is 31.1 Å². The van der Waals surface area contributed by atoms with Crippen molar-refractivity contribution in [3.05, 3.63) is 69.0 Å². The van der Waals surface area contributed by atoms with Crippen LogP contribution < -0.4 is 4.90 Å². The molecule has 1 saturated heterocycles. The number of nitrogens with zero attached hydrogens (tertiary/aromatic N) is 3. The molecular weight excluding hydrogens is 414 g/mol. The molecule has 2 aromatic carbocycles. The molecule has 4 nitrogen and oxygen atoms in total. The first-order valence-corrected chi connectivity index (χ1v) is 11.7. The topological polar surface area (TPSA) is 36.4 Å². The zero-order valence-electron chi connectivity index (χ0n) is 17.0. The van der Waals surface area contributed by atoms with Gasteiger partial charge in [0.15, 0.2) is 0 Å². The second-order valence-corrected chi connectivity index (χ2v) is 9.46. The van der Waals surface area contributed by atoms with Gasteiger partial charge in [0.05, 0.1) is 10.7 Å². The fourth-order valence-corrected chi connectivity index (χ4v) is 5.14. The van der Waals surface area contributed by atoms with Gasteiger partial charge in [0.1, 0.15) is 0 Å². The van der Waals surface area contributed by atoms with Gasteiger partial charge in [0, 0.05) is 59.3 Å². The SMILES string of the molecule is Cc1ccc(Cl)cc1N1CCN(C(=O)c2ccc(-c3csc(C4CC4)n3)cc2)CC1. The highest BCUT2D eigenvalue weighted by atomic mass is 35.5. The fourth-order valence-electron chi connectivity index (χ4n) is 3.98. The Balaban J connectivity index is 1.23. The second kappa shape index (κ2) is 8.05. The van der Waals surface area contributed by atoms with Crippen LogP contribution in [0.5, 0.6) is 0 Å². The number of amides is 1. The van der Waals surface area contributed by atoms with Gasteiger partial charge in [-0.1, -0.05) is 29.8 Å². The van der Waals surface area contributed by atoms with Gasteiger partial charge in [-0.3, -0.25) is 4.79 Å². The van der Waals surface area contributed by atoms with Crippen molar-refractivity contribution in [3.8, 4) is 11.3 Å². The first kappa shape index (κ1) is 19.6. The van der Waals surface area contributed by atoms with Crippen molar-refractivity contribution in [3.63, 3.8) is 0 Å². The van der Waals surface area contributed by atoms with Gasteiger partial charge in [-0.25, -0.2) is 4.98 Å². The number of aromatic nitrogens is 1. The largest absolute Gasteiger partial charge is 0.368 e. The average Bonchev–Trinajstić information content (AvgIpc) is 3.52. The lowest BCUT2D eigenvalue weighted by Gasteiger charge is -2.37. The number of anilines is 1. The Kier molecular flexibility index (Phi) is 5.25. The molecule has 154 valence electrons. The van der Waals surface area contributed by atoms with Gasteiger partial charge in [0.2, 0.25) is 0 Å². The summed E-state index contributed by atoms with van der Waals surface area (Å²) < 4.78 is 0. The summed E-state index contributed by atoms with van der Waals surface area (Å²) in [7, 11) is 0. The molecule has 0 radical (unpaired) electrons. The maximum Gasteiger partial charge on any atom is 0.253 e. The Labute approximate surface area is 186 Å². The molecule has 30 heavy (non-hydrogen) atoms. The van der Waals surface area contributed by atoms with E-state index in [1.165, 1.54) is 23.4 Å². The Morgan fingerprint density at radius 3 is 2.50 bits per heavy atom. The van der Waals surface area contributed by atoms with Crippen LogP contribution in [0.1, 0.15) is 39.7 Å². The number of hydrogen-bond acceptors (Lipinski definition) is 4. The zero-order valence-corrected chi connectivity index (χ0v) is 18.5. The number of halogens is 1. The first-order chi connectivity index (χ1) is 14.6. The summed E-state index contributed by atoms with van der Waals surface area (Å²) in [6.45, 7) is 5.15. The van der Waals surface area contributed by atoms with Crippen LogP contribution in [-0.4, -0.2) is 42.0 Å². The van der Waals surface area contributed by atoms with Crippen LogP contribution in [0.4, 0.5) is 5.69 Å². The fraction of sp³-hybridized carbons (Fsp3) is 0.333. The number of carbonyl (C=O) groups is 1. The lowest BCUT2D eigenvalue weighted by molar-refractivity contribution is 0.0747. The molecule has 3 aromatic rings. The Morgan fingerprint density at radius 2 is 1.80 bits per heavy atom. The van der Waals surface area contributed by atoms with E-state index in [1.807, 2.05) is 47.4 Å². The van der Waals surface area contributed by atoms with Crippen LogP contribution in [-0.2, 0) is 0 Å². The summed E-state index contributed by atoms with van der Waals surface area (Å²) in [6, 6.07) is 13.9. The van der Waals surface area contributed by atoms with Crippen LogP contribution in [0, 0.1) is 6.92 Å². The summed E-state index contributed by atoms with van der Waals surface area (Å²) in [5.74, 6) is 0.778. The van der Waals surface area contributed by atoms with E-state index >= 15 is 0 Å². The molecule has 2 fully saturated rings. The van der Waals surface area contributed by atoms with Crippen molar-refractivity contribution in [2.24, 2.45) is 0 Å². The molecular formula is C24H24ClN3OS. The Morgan fingerprint density at radius 1 is 1.07 bits per heavy atom. The molecule has 0 atom stereocenters. The highest BCUT2D eigenvalue weighted by Crippen LogP contribution is 2.42.